The van der Waals surface area contributed by atoms with Crippen molar-refractivity contribution < 1.29 is 14.3 Å². The Morgan fingerprint density at radius 3 is 2.85 bits per heavy atom. The van der Waals surface area contributed by atoms with Crippen LogP contribution in [0.4, 0.5) is 5.69 Å². The summed E-state index contributed by atoms with van der Waals surface area (Å²) >= 11 is 0. The third-order valence-electron chi connectivity index (χ3n) is 3.63. The van der Waals surface area contributed by atoms with E-state index in [9.17, 15) is 9.59 Å². The number of anilines is 1. The summed E-state index contributed by atoms with van der Waals surface area (Å²) in [6.45, 7) is 0.0506. The molecule has 6 heteroatoms. The van der Waals surface area contributed by atoms with Crippen LogP contribution in [-0.2, 0) is 20.9 Å². The molecule has 1 aromatic rings. The van der Waals surface area contributed by atoms with Crippen molar-refractivity contribution in [1.29, 1.82) is 0 Å². The van der Waals surface area contributed by atoms with Gasteiger partial charge in [-0.25, -0.2) is 0 Å². The number of methoxy groups -OCH3 is 1. The van der Waals surface area contributed by atoms with Gasteiger partial charge in [0.05, 0.1) is 19.0 Å². The highest BCUT2D eigenvalue weighted by molar-refractivity contribution is 5.90. The van der Waals surface area contributed by atoms with Gasteiger partial charge in [0.2, 0.25) is 5.91 Å². The number of ether oxygens (including phenoxy) is 1. The van der Waals surface area contributed by atoms with Gasteiger partial charge < -0.3 is 10.1 Å². The Kier molecular flexibility index (Phi) is 5.15. The normalized spacial score (nSPS) is 15.8. The molecule has 6 nitrogen and oxygen atoms in total. The molecule has 110 valence electrons. The van der Waals surface area contributed by atoms with E-state index in [0.29, 0.717) is 18.0 Å². The standard InChI is InChI=1S/C14H21N3O3/c1-20-14(19)10-17-9-12(8-15-17)16-13(18)7-11-5-3-2-4-6-11/h8-9,11H,2-7,10H2,1H3,(H,16,18). The predicted octanol–water partition coefficient (Wildman–Crippen LogP) is 1.96. The number of carbonyl (C=O) groups excluding carboxylic acids is 2. The Balaban J connectivity index is 1.80. The largest absolute Gasteiger partial charge is 0.468 e. The number of amides is 1. The quantitative estimate of drug-likeness (QED) is 0.836. The Morgan fingerprint density at radius 1 is 1.40 bits per heavy atom. The van der Waals surface area contributed by atoms with Gasteiger partial charge in [0.25, 0.3) is 0 Å². The summed E-state index contributed by atoms with van der Waals surface area (Å²) < 4.78 is 6.00. The molecule has 0 radical (unpaired) electrons. The topological polar surface area (TPSA) is 73.2 Å². The number of esters is 1. The Bertz CT molecular complexity index is 464. The predicted molar refractivity (Wildman–Crippen MR) is 74.1 cm³/mol. The lowest BCUT2D eigenvalue weighted by Crippen LogP contribution is -2.18. The molecular weight excluding hydrogens is 258 g/mol. The summed E-state index contributed by atoms with van der Waals surface area (Å²) in [5, 5.41) is 6.83. The van der Waals surface area contributed by atoms with Gasteiger partial charge in [-0.05, 0) is 18.8 Å². The summed E-state index contributed by atoms with van der Waals surface area (Å²) in [6.07, 6.45) is 9.80. The van der Waals surface area contributed by atoms with Gasteiger partial charge in [-0.2, -0.15) is 5.10 Å². The zero-order chi connectivity index (χ0) is 14.4. The van der Waals surface area contributed by atoms with Crippen LogP contribution in [0.2, 0.25) is 0 Å². The molecule has 0 spiro atoms. The lowest BCUT2D eigenvalue weighted by molar-refractivity contribution is -0.141. The van der Waals surface area contributed by atoms with Crippen LogP contribution in [0.3, 0.4) is 0 Å². The average Bonchev–Trinajstić information content (AvgIpc) is 2.86. The maximum absolute atomic E-state index is 11.9. The summed E-state index contributed by atoms with van der Waals surface area (Å²) in [5.41, 5.74) is 0.620. The van der Waals surface area contributed by atoms with E-state index in [-0.39, 0.29) is 18.4 Å². The van der Waals surface area contributed by atoms with E-state index < -0.39 is 0 Å². The van der Waals surface area contributed by atoms with Gasteiger partial charge in [0, 0.05) is 12.6 Å². The van der Waals surface area contributed by atoms with Gasteiger partial charge in [-0.1, -0.05) is 19.3 Å². The molecule has 1 fully saturated rings. The molecule has 1 heterocycles. The molecule has 0 bridgehead atoms. The fourth-order valence-electron chi connectivity index (χ4n) is 2.58. The maximum atomic E-state index is 11.9. The van der Waals surface area contributed by atoms with Crippen LogP contribution in [0.1, 0.15) is 38.5 Å². The van der Waals surface area contributed by atoms with Crippen molar-refractivity contribution in [2.75, 3.05) is 12.4 Å². The third-order valence-corrected chi connectivity index (χ3v) is 3.63. The highest BCUT2D eigenvalue weighted by Gasteiger charge is 2.17. The summed E-state index contributed by atoms with van der Waals surface area (Å²) in [7, 11) is 1.33. The summed E-state index contributed by atoms with van der Waals surface area (Å²) in [6, 6.07) is 0. The number of nitrogens with zero attached hydrogens (tertiary/aromatic N) is 2. The highest BCUT2D eigenvalue weighted by atomic mass is 16.5. The van der Waals surface area contributed by atoms with Crippen molar-refractivity contribution in [2.45, 2.75) is 45.1 Å². The molecular formula is C14H21N3O3. The van der Waals surface area contributed by atoms with Crippen LogP contribution < -0.4 is 5.32 Å². The first-order valence-corrected chi connectivity index (χ1v) is 7.06. The van der Waals surface area contributed by atoms with Gasteiger partial charge in [0.15, 0.2) is 0 Å². The van der Waals surface area contributed by atoms with Crippen molar-refractivity contribution >= 4 is 17.6 Å². The zero-order valence-electron chi connectivity index (χ0n) is 11.8. The van der Waals surface area contributed by atoms with E-state index in [1.807, 2.05) is 0 Å². The number of hydrogen-bond acceptors (Lipinski definition) is 4. The van der Waals surface area contributed by atoms with Crippen LogP contribution in [-0.4, -0.2) is 28.8 Å². The molecule has 1 aliphatic carbocycles. The molecule has 20 heavy (non-hydrogen) atoms. The summed E-state index contributed by atoms with van der Waals surface area (Å²) in [5.74, 6) is 0.163. The fourth-order valence-corrected chi connectivity index (χ4v) is 2.58. The Hall–Kier alpha value is -1.85. The molecule has 0 saturated heterocycles. The third kappa shape index (κ3) is 4.36. The molecule has 0 atom stereocenters. The molecule has 1 N–H and O–H groups in total. The number of hydrogen-bond donors (Lipinski definition) is 1. The van der Waals surface area contributed by atoms with E-state index in [1.54, 1.807) is 12.4 Å². The SMILES string of the molecule is COC(=O)Cn1cc(NC(=O)CC2CCCCC2)cn1. The number of nitrogens with one attached hydrogen (secondary N) is 1. The molecule has 1 saturated carbocycles. The highest BCUT2D eigenvalue weighted by Crippen LogP contribution is 2.26. The van der Waals surface area contributed by atoms with E-state index in [4.69, 9.17) is 0 Å². The molecule has 0 unspecified atom stereocenters. The lowest BCUT2D eigenvalue weighted by atomic mass is 9.87. The van der Waals surface area contributed by atoms with Gasteiger partial charge in [0.1, 0.15) is 6.54 Å². The van der Waals surface area contributed by atoms with Gasteiger partial charge in [-0.3, -0.25) is 14.3 Å². The molecule has 1 aromatic heterocycles. The fraction of sp³-hybridized carbons (Fsp3) is 0.643. The minimum Gasteiger partial charge on any atom is -0.468 e. The second-order valence-corrected chi connectivity index (χ2v) is 5.26. The lowest BCUT2D eigenvalue weighted by Gasteiger charge is -2.20. The van der Waals surface area contributed by atoms with Crippen molar-refractivity contribution in [3.05, 3.63) is 12.4 Å². The van der Waals surface area contributed by atoms with E-state index >= 15 is 0 Å². The molecule has 1 aliphatic rings. The Morgan fingerprint density at radius 2 is 2.15 bits per heavy atom. The molecule has 0 aliphatic heterocycles. The van der Waals surface area contributed by atoms with Gasteiger partial charge >= 0.3 is 5.97 Å². The van der Waals surface area contributed by atoms with Crippen LogP contribution in [0.15, 0.2) is 12.4 Å². The minimum absolute atomic E-state index is 0.0227. The first kappa shape index (κ1) is 14.6. The molecule has 2 rings (SSSR count). The first-order valence-electron chi connectivity index (χ1n) is 7.06. The van der Waals surface area contributed by atoms with Crippen LogP contribution in [0, 0.1) is 5.92 Å². The monoisotopic (exact) mass is 279 g/mol. The first-order chi connectivity index (χ1) is 9.67. The van der Waals surface area contributed by atoms with Crippen molar-refractivity contribution in [3.63, 3.8) is 0 Å². The zero-order valence-corrected chi connectivity index (χ0v) is 11.8. The minimum atomic E-state index is -0.367. The van der Waals surface area contributed by atoms with Crippen molar-refractivity contribution in [2.24, 2.45) is 5.92 Å². The van der Waals surface area contributed by atoms with Crippen LogP contribution in [0.5, 0.6) is 0 Å². The maximum Gasteiger partial charge on any atom is 0.327 e. The smallest absolute Gasteiger partial charge is 0.327 e. The van der Waals surface area contributed by atoms with E-state index in [2.05, 4.69) is 15.2 Å². The van der Waals surface area contributed by atoms with Crippen molar-refractivity contribution in [1.82, 2.24) is 9.78 Å². The van der Waals surface area contributed by atoms with Crippen LogP contribution in [0.25, 0.3) is 0 Å². The van der Waals surface area contributed by atoms with Crippen LogP contribution >= 0.6 is 0 Å². The van der Waals surface area contributed by atoms with Gasteiger partial charge in [-0.15, -0.1) is 0 Å². The van der Waals surface area contributed by atoms with E-state index in [0.717, 1.165) is 12.8 Å². The van der Waals surface area contributed by atoms with Crippen molar-refractivity contribution in [3.8, 4) is 0 Å². The Labute approximate surface area is 118 Å². The second kappa shape index (κ2) is 7.07. The summed E-state index contributed by atoms with van der Waals surface area (Å²) in [4.78, 5) is 23.0. The molecule has 0 aromatic carbocycles. The molecule has 1 amide bonds. The van der Waals surface area contributed by atoms with E-state index in [1.165, 1.54) is 31.1 Å². The number of aromatic nitrogens is 2. The average molecular weight is 279 g/mol. The number of rotatable bonds is 5. The number of carbonyl (C=O) groups is 2. The second-order valence-electron chi connectivity index (χ2n) is 5.26.